The summed E-state index contributed by atoms with van der Waals surface area (Å²) in [7, 11) is 0. The highest BCUT2D eigenvalue weighted by atomic mass is 79.9. The van der Waals surface area contributed by atoms with Gasteiger partial charge in [-0.05, 0) is 46.8 Å². The summed E-state index contributed by atoms with van der Waals surface area (Å²) >= 11 is 3.49. The van der Waals surface area contributed by atoms with Gasteiger partial charge in [0.2, 0.25) is 0 Å². The number of H-pyrrole nitrogens is 1. The highest BCUT2D eigenvalue weighted by Crippen LogP contribution is 2.27. The average molecular weight is 420 g/mol. The van der Waals surface area contributed by atoms with Crippen molar-refractivity contribution in [2.45, 2.75) is 38.6 Å². The predicted octanol–water partition coefficient (Wildman–Crippen LogP) is 2.73. The number of likely N-dealkylation sites (tertiary alicyclic amines) is 1. The van der Waals surface area contributed by atoms with Crippen LogP contribution in [0.4, 0.5) is 0 Å². The third-order valence-electron chi connectivity index (χ3n) is 4.55. The number of nitrogens with zero attached hydrogens (tertiary/aromatic N) is 3. The molecule has 0 atom stereocenters. The highest BCUT2D eigenvalue weighted by molar-refractivity contribution is 9.10. The number of amides is 2. The number of carbonyl (C=O) groups is 2. The second-order valence-electron chi connectivity index (χ2n) is 6.74. The van der Waals surface area contributed by atoms with E-state index in [9.17, 15) is 9.59 Å². The van der Waals surface area contributed by atoms with E-state index >= 15 is 0 Å². The third-order valence-corrected chi connectivity index (χ3v) is 5.36. The van der Waals surface area contributed by atoms with Gasteiger partial charge < -0.3 is 10.2 Å². The van der Waals surface area contributed by atoms with Gasteiger partial charge in [0.25, 0.3) is 11.8 Å². The molecule has 8 heteroatoms. The molecule has 0 bridgehead atoms. The monoisotopic (exact) mass is 419 g/mol. The van der Waals surface area contributed by atoms with Gasteiger partial charge in [-0.1, -0.05) is 13.8 Å². The van der Waals surface area contributed by atoms with E-state index in [1.807, 2.05) is 13.8 Å². The number of carbonyl (C=O) groups excluding carboxylic acids is 2. The summed E-state index contributed by atoms with van der Waals surface area (Å²) in [6.45, 7) is 5.27. The Morgan fingerprint density at radius 2 is 2.08 bits per heavy atom. The molecule has 26 heavy (non-hydrogen) atoms. The van der Waals surface area contributed by atoms with E-state index in [0.717, 1.165) is 23.0 Å². The van der Waals surface area contributed by atoms with Crippen molar-refractivity contribution in [1.82, 2.24) is 25.4 Å². The van der Waals surface area contributed by atoms with E-state index in [4.69, 9.17) is 0 Å². The predicted molar refractivity (Wildman–Crippen MR) is 101 cm³/mol. The number of aromatic nitrogens is 3. The Kier molecular flexibility index (Phi) is 5.70. The van der Waals surface area contributed by atoms with Gasteiger partial charge in [0.1, 0.15) is 0 Å². The second-order valence-corrected chi connectivity index (χ2v) is 7.53. The second kappa shape index (κ2) is 7.99. The molecule has 0 spiro atoms. The molecule has 1 saturated heterocycles. The molecule has 7 nitrogen and oxygen atoms in total. The lowest BCUT2D eigenvalue weighted by atomic mass is 10.0. The maximum atomic E-state index is 12.7. The lowest BCUT2D eigenvalue weighted by Crippen LogP contribution is -2.46. The molecule has 0 radical (unpaired) electrons. The number of halogens is 1. The number of pyridine rings is 1. The zero-order chi connectivity index (χ0) is 18.7. The van der Waals surface area contributed by atoms with Gasteiger partial charge in [-0.3, -0.25) is 19.7 Å². The minimum absolute atomic E-state index is 0.0561. The summed E-state index contributed by atoms with van der Waals surface area (Å²) in [5, 5.41) is 10.1. The maximum absolute atomic E-state index is 12.7. The number of hydrogen-bond acceptors (Lipinski definition) is 4. The van der Waals surface area contributed by atoms with E-state index in [1.54, 1.807) is 29.4 Å². The normalized spacial score (nSPS) is 15.3. The first-order valence-corrected chi connectivity index (χ1v) is 9.50. The van der Waals surface area contributed by atoms with Crippen LogP contribution in [0.1, 0.15) is 59.1 Å². The first kappa shape index (κ1) is 18.6. The standard InChI is InChI=1S/C18H22BrN5O2/c1-11(2)15-14(19)16(23-22-15)18(26)24-8-5-13(6-9-24)21-17(25)12-4-3-7-20-10-12/h3-4,7,10-11,13H,5-6,8-9H2,1-2H3,(H,21,25)(H,22,23). The molecule has 0 aliphatic carbocycles. The molecule has 0 unspecified atom stereocenters. The Morgan fingerprint density at radius 3 is 2.65 bits per heavy atom. The largest absolute Gasteiger partial charge is 0.349 e. The fourth-order valence-corrected chi connectivity index (χ4v) is 3.81. The van der Waals surface area contributed by atoms with E-state index in [-0.39, 0.29) is 23.8 Å². The van der Waals surface area contributed by atoms with Crippen LogP contribution < -0.4 is 5.32 Å². The van der Waals surface area contributed by atoms with Crippen LogP contribution in [0.2, 0.25) is 0 Å². The minimum atomic E-state index is -0.125. The zero-order valence-corrected chi connectivity index (χ0v) is 16.4. The molecule has 1 fully saturated rings. The summed E-state index contributed by atoms with van der Waals surface area (Å²) in [4.78, 5) is 30.7. The summed E-state index contributed by atoms with van der Waals surface area (Å²) < 4.78 is 0.740. The number of piperidine rings is 1. The Bertz CT molecular complexity index is 782. The average Bonchev–Trinajstić information content (AvgIpc) is 3.04. The quantitative estimate of drug-likeness (QED) is 0.796. The molecule has 2 aromatic rings. The van der Waals surface area contributed by atoms with Crippen molar-refractivity contribution >= 4 is 27.7 Å². The van der Waals surface area contributed by atoms with Crippen LogP contribution in [0.25, 0.3) is 0 Å². The lowest BCUT2D eigenvalue weighted by Gasteiger charge is -2.32. The van der Waals surface area contributed by atoms with Gasteiger partial charge in [-0.15, -0.1) is 0 Å². The van der Waals surface area contributed by atoms with Crippen LogP contribution in [0.3, 0.4) is 0 Å². The molecule has 1 aliphatic rings. The summed E-state index contributed by atoms with van der Waals surface area (Å²) in [6, 6.07) is 3.53. The van der Waals surface area contributed by atoms with Crippen molar-refractivity contribution < 1.29 is 9.59 Å². The molecule has 1 aliphatic heterocycles. The Hall–Kier alpha value is -2.22. The van der Waals surface area contributed by atoms with Gasteiger partial charge >= 0.3 is 0 Å². The van der Waals surface area contributed by atoms with Crippen molar-refractivity contribution in [1.29, 1.82) is 0 Å². The molecule has 3 heterocycles. The van der Waals surface area contributed by atoms with Crippen molar-refractivity contribution in [3.05, 3.63) is 46.0 Å². The molecule has 2 amide bonds. The molecule has 2 N–H and O–H groups in total. The van der Waals surface area contributed by atoms with Gasteiger partial charge in [0.15, 0.2) is 5.69 Å². The van der Waals surface area contributed by atoms with Crippen molar-refractivity contribution in [2.75, 3.05) is 13.1 Å². The molecule has 0 aromatic carbocycles. The van der Waals surface area contributed by atoms with Crippen LogP contribution in [0, 0.1) is 0 Å². The topological polar surface area (TPSA) is 91.0 Å². The Labute approximate surface area is 160 Å². The van der Waals surface area contributed by atoms with Crippen LogP contribution in [0.15, 0.2) is 29.0 Å². The van der Waals surface area contributed by atoms with Crippen LogP contribution >= 0.6 is 15.9 Å². The number of hydrogen-bond donors (Lipinski definition) is 2. The Balaban J connectivity index is 1.57. The lowest BCUT2D eigenvalue weighted by molar-refractivity contribution is 0.0691. The van der Waals surface area contributed by atoms with E-state index in [2.05, 4.69) is 36.4 Å². The van der Waals surface area contributed by atoms with Crippen molar-refractivity contribution in [3.63, 3.8) is 0 Å². The Morgan fingerprint density at radius 1 is 1.35 bits per heavy atom. The summed E-state index contributed by atoms with van der Waals surface area (Å²) in [5.74, 6) is 0.0448. The number of aromatic amines is 1. The maximum Gasteiger partial charge on any atom is 0.275 e. The third kappa shape index (κ3) is 3.95. The highest BCUT2D eigenvalue weighted by Gasteiger charge is 2.28. The first-order valence-electron chi connectivity index (χ1n) is 8.71. The van der Waals surface area contributed by atoms with Crippen molar-refractivity contribution in [3.8, 4) is 0 Å². The van der Waals surface area contributed by atoms with Crippen LogP contribution in [0.5, 0.6) is 0 Å². The molecular formula is C18H22BrN5O2. The smallest absolute Gasteiger partial charge is 0.275 e. The van der Waals surface area contributed by atoms with Crippen LogP contribution in [-0.2, 0) is 0 Å². The number of nitrogens with one attached hydrogen (secondary N) is 2. The van der Waals surface area contributed by atoms with E-state index in [1.165, 1.54) is 0 Å². The fourth-order valence-electron chi connectivity index (χ4n) is 3.01. The van der Waals surface area contributed by atoms with E-state index in [0.29, 0.717) is 24.3 Å². The minimum Gasteiger partial charge on any atom is -0.349 e. The number of rotatable bonds is 4. The summed E-state index contributed by atoms with van der Waals surface area (Å²) in [5.41, 5.74) is 1.89. The summed E-state index contributed by atoms with van der Waals surface area (Å²) in [6.07, 6.45) is 4.63. The van der Waals surface area contributed by atoms with E-state index < -0.39 is 0 Å². The van der Waals surface area contributed by atoms with Gasteiger partial charge in [0.05, 0.1) is 15.7 Å². The van der Waals surface area contributed by atoms with Crippen molar-refractivity contribution in [2.24, 2.45) is 0 Å². The molecule has 138 valence electrons. The zero-order valence-electron chi connectivity index (χ0n) is 14.8. The van der Waals surface area contributed by atoms with Gasteiger partial charge in [-0.2, -0.15) is 5.10 Å². The fraction of sp³-hybridized carbons (Fsp3) is 0.444. The van der Waals surface area contributed by atoms with Gasteiger partial charge in [0, 0.05) is 31.5 Å². The van der Waals surface area contributed by atoms with Gasteiger partial charge in [-0.25, -0.2) is 0 Å². The SMILES string of the molecule is CC(C)c1[nH]nc(C(=O)N2CCC(NC(=O)c3cccnc3)CC2)c1Br. The van der Waals surface area contributed by atoms with Crippen LogP contribution in [-0.4, -0.2) is 51.0 Å². The molecule has 0 saturated carbocycles. The first-order chi connectivity index (χ1) is 12.5. The molecule has 2 aromatic heterocycles. The molecule has 3 rings (SSSR count). The molecular weight excluding hydrogens is 398 g/mol.